The number of hydrogen-bond donors (Lipinski definition) is 0. The minimum atomic E-state index is 0.238. The summed E-state index contributed by atoms with van der Waals surface area (Å²) in [5.74, 6) is 1.13. The zero-order valence-electron chi connectivity index (χ0n) is 10.2. The Hall–Kier alpha value is -1.28. The van der Waals surface area contributed by atoms with Gasteiger partial charge in [-0.2, -0.15) is 11.8 Å². The summed E-state index contributed by atoms with van der Waals surface area (Å²) in [4.78, 5) is 11.9. The number of hydrogen-bond acceptors (Lipinski definition) is 2. The van der Waals surface area contributed by atoms with E-state index in [2.05, 4.69) is 25.1 Å². The van der Waals surface area contributed by atoms with Gasteiger partial charge in [-0.05, 0) is 30.0 Å². The van der Waals surface area contributed by atoms with Crippen LogP contribution in [0.15, 0.2) is 36.4 Å². The summed E-state index contributed by atoms with van der Waals surface area (Å²) in [6.07, 6.45) is 2.65. The fourth-order valence-electron chi connectivity index (χ4n) is 1.88. The number of ketones is 1. The molecule has 0 fully saturated rings. The maximum absolute atomic E-state index is 11.9. The molecule has 0 bridgehead atoms. The fourth-order valence-corrected chi connectivity index (χ4v) is 2.27. The number of aryl methyl sites for hydroxylation is 1. The summed E-state index contributed by atoms with van der Waals surface area (Å²) in [7, 11) is 0. The van der Waals surface area contributed by atoms with Gasteiger partial charge in [-0.25, -0.2) is 0 Å². The lowest BCUT2D eigenvalue weighted by atomic mass is 10.0. The molecule has 1 nitrogen and oxygen atoms in total. The molecule has 0 amide bonds. The van der Waals surface area contributed by atoms with E-state index in [9.17, 15) is 4.79 Å². The quantitative estimate of drug-likeness (QED) is 0.754. The van der Waals surface area contributed by atoms with Crippen molar-refractivity contribution >= 4 is 28.3 Å². The molecule has 0 spiro atoms. The van der Waals surface area contributed by atoms with Crippen LogP contribution < -0.4 is 0 Å². The highest BCUT2D eigenvalue weighted by atomic mass is 32.2. The van der Waals surface area contributed by atoms with E-state index in [0.29, 0.717) is 6.42 Å². The maximum Gasteiger partial charge on any atom is 0.163 e. The maximum atomic E-state index is 11.9. The van der Waals surface area contributed by atoms with Crippen LogP contribution in [0.25, 0.3) is 10.8 Å². The Kier molecular flexibility index (Phi) is 3.85. The van der Waals surface area contributed by atoms with Gasteiger partial charge < -0.3 is 0 Å². The first-order chi connectivity index (χ1) is 8.20. The van der Waals surface area contributed by atoms with Crippen molar-refractivity contribution < 1.29 is 4.79 Å². The van der Waals surface area contributed by atoms with Crippen molar-refractivity contribution in [3.05, 3.63) is 47.5 Å². The average molecular weight is 244 g/mol. The van der Waals surface area contributed by atoms with Crippen LogP contribution in [0.2, 0.25) is 0 Å². The Morgan fingerprint density at radius 1 is 1.12 bits per heavy atom. The Labute approximate surface area is 106 Å². The molecule has 0 saturated carbocycles. The van der Waals surface area contributed by atoms with E-state index in [0.717, 1.165) is 16.7 Å². The van der Waals surface area contributed by atoms with Crippen molar-refractivity contribution in [1.29, 1.82) is 0 Å². The molecule has 0 aliphatic heterocycles. The number of benzene rings is 2. The van der Waals surface area contributed by atoms with Gasteiger partial charge in [-0.3, -0.25) is 4.79 Å². The summed E-state index contributed by atoms with van der Waals surface area (Å²) < 4.78 is 0. The van der Waals surface area contributed by atoms with Crippen LogP contribution in [-0.2, 0) is 0 Å². The van der Waals surface area contributed by atoms with Gasteiger partial charge in [0, 0.05) is 17.7 Å². The molecule has 2 heteroatoms. The molecule has 0 heterocycles. The zero-order valence-corrected chi connectivity index (χ0v) is 11.0. The minimum Gasteiger partial charge on any atom is -0.294 e. The lowest BCUT2D eigenvalue weighted by Crippen LogP contribution is -2.00. The summed E-state index contributed by atoms with van der Waals surface area (Å²) in [5, 5.41) is 2.34. The average Bonchev–Trinajstić information content (AvgIpc) is 2.35. The predicted molar refractivity (Wildman–Crippen MR) is 76.0 cm³/mol. The van der Waals surface area contributed by atoms with E-state index in [4.69, 9.17) is 0 Å². The number of Topliss-reactive ketones (excluding diaryl/α,β-unsaturated/α-hetero) is 1. The summed E-state index contributed by atoms with van der Waals surface area (Å²) in [5.41, 5.74) is 2.08. The van der Waals surface area contributed by atoms with Crippen LogP contribution in [0.4, 0.5) is 0 Å². The second-order valence-electron chi connectivity index (χ2n) is 4.23. The van der Waals surface area contributed by atoms with Crippen molar-refractivity contribution in [3.8, 4) is 0 Å². The van der Waals surface area contributed by atoms with Crippen molar-refractivity contribution in [2.45, 2.75) is 13.3 Å². The van der Waals surface area contributed by atoms with Crippen LogP contribution in [0, 0.1) is 6.92 Å². The van der Waals surface area contributed by atoms with Gasteiger partial charge in [-0.15, -0.1) is 0 Å². The van der Waals surface area contributed by atoms with Crippen molar-refractivity contribution in [2.75, 3.05) is 12.0 Å². The van der Waals surface area contributed by atoms with Crippen molar-refractivity contribution in [1.82, 2.24) is 0 Å². The van der Waals surface area contributed by atoms with E-state index >= 15 is 0 Å². The number of carbonyl (C=O) groups is 1. The first kappa shape index (κ1) is 12.2. The molecule has 0 aliphatic carbocycles. The van der Waals surface area contributed by atoms with Gasteiger partial charge in [0.15, 0.2) is 5.78 Å². The molecular weight excluding hydrogens is 228 g/mol. The molecule has 2 aromatic carbocycles. The van der Waals surface area contributed by atoms with Gasteiger partial charge >= 0.3 is 0 Å². The van der Waals surface area contributed by atoms with Crippen molar-refractivity contribution in [3.63, 3.8) is 0 Å². The molecule has 0 aliphatic rings. The second-order valence-corrected chi connectivity index (χ2v) is 5.22. The molecule has 0 aromatic heterocycles. The molecule has 88 valence electrons. The van der Waals surface area contributed by atoms with Crippen LogP contribution in [0.1, 0.15) is 22.3 Å². The summed E-state index contributed by atoms with van der Waals surface area (Å²) in [6.45, 7) is 2.08. The van der Waals surface area contributed by atoms with E-state index in [-0.39, 0.29) is 5.78 Å². The standard InChI is InChI=1S/C15H16OS/c1-11-3-4-13-10-14(6-5-12(13)9-11)15(16)7-8-17-2/h3-6,9-10H,7-8H2,1-2H3. The topological polar surface area (TPSA) is 17.1 Å². The van der Waals surface area contributed by atoms with Gasteiger partial charge in [0.2, 0.25) is 0 Å². The molecule has 0 saturated heterocycles. The molecule has 0 unspecified atom stereocenters. The number of fused-ring (bicyclic) bond motifs is 1. The third kappa shape index (κ3) is 2.89. The monoisotopic (exact) mass is 244 g/mol. The smallest absolute Gasteiger partial charge is 0.163 e. The number of rotatable bonds is 4. The highest BCUT2D eigenvalue weighted by Gasteiger charge is 2.05. The lowest BCUT2D eigenvalue weighted by Gasteiger charge is -2.03. The molecule has 0 atom stereocenters. The first-order valence-electron chi connectivity index (χ1n) is 5.73. The van der Waals surface area contributed by atoms with E-state index in [1.807, 2.05) is 24.5 Å². The highest BCUT2D eigenvalue weighted by Crippen LogP contribution is 2.18. The lowest BCUT2D eigenvalue weighted by molar-refractivity contribution is 0.0989. The largest absolute Gasteiger partial charge is 0.294 e. The van der Waals surface area contributed by atoms with Crippen LogP contribution in [0.3, 0.4) is 0 Å². The first-order valence-corrected chi connectivity index (χ1v) is 7.12. The van der Waals surface area contributed by atoms with Gasteiger partial charge in [0.05, 0.1) is 0 Å². The molecular formula is C15H16OS. The molecule has 17 heavy (non-hydrogen) atoms. The summed E-state index contributed by atoms with van der Waals surface area (Å²) >= 11 is 1.71. The Balaban J connectivity index is 2.31. The van der Waals surface area contributed by atoms with E-state index < -0.39 is 0 Å². The molecule has 2 rings (SSSR count). The highest BCUT2D eigenvalue weighted by molar-refractivity contribution is 7.98. The predicted octanol–water partition coefficient (Wildman–Crippen LogP) is 4.08. The Morgan fingerprint density at radius 3 is 2.59 bits per heavy atom. The van der Waals surface area contributed by atoms with Gasteiger partial charge in [0.1, 0.15) is 0 Å². The van der Waals surface area contributed by atoms with Crippen molar-refractivity contribution in [2.24, 2.45) is 0 Å². The Morgan fingerprint density at radius 2 is 1.82 bits per heavy atom. The van der Waals surface area contributed by atoms with Gasteiger partial charge in [-0.1, -0.05) is 35.9 Å². The fraction of sp³-hybridized carbons (Fsp3) is 0.267. The minimum absolute atomic E-state index is 0.238. The third-order valence-electron chi connectivity index (χ3n) is 2.85. The normalized spacial score (nSPS) is 10.7. The zero-order chi connectivity index (χ0) is 12.3. The second kappa shape index (κ2) is 5.37. The van der Waals surface area contributed by atoms with Crippen LogP contribution >= 0.6 is 11.8 Å². The SMILES string of the molecule is CSCCC(=O)c1ccc2cc(C)ccc2c1. The van der Waals surface area contributed by atoms with Crippen LogP contribution in [0.5, 0.6) is 0 Å². The number of thioether (sulfide) groups is 1. The third-order valence-corrected chi connectivity index (χ3v) is 3.46. The van der Waals surface area contributed by atoms with Crippen LogP contribution in [-0.4, -0.2) is 17.8 Å². The molecule has 0 radical (unpaired) electrons. The van der Waals surface area contributed by atoms with Gasteiger partial charge in [0.25, 0.3) is 0 Å². The van der Waals surface area contributed by atoms with E-state index in [1.165, 1.54) is 10.9 Å². The molecule has 0 N–H and O–H groups in total. The molecule has 2 aromatic rings. The number of carbonyl (C=O) groups excluding carboxylic acids is 1. The van der Waals surface area contributed by atoms with E-state index in [1.54, 1.807) is 11.8 Å². The summed E-state index contributed by atoms with van der Waals surface area (Å²) in [6, 6.07) is 12.3. The Bertz CT molecular complexity index is 546.